The van der Waals surface area contributed by atoms with E-state index in [2.05, 4.69) is 10.2 Å². The number of hydrogen-bond donors (Lipinski definition) is 1. The molecular weight excluding hydrogens is 397 g/mol. The summed E-state index contributed by atoms with van der Waals surface area (Å²) in [5, 5.41) is 4.02. The summed E-state index contributed by atoms with van der Waals surface area (Å²) in [6.07, 6.45) is 5.48. The fourth-order valence-electron chi connectivity index (χ4n) is 4.05. The van der Waals surface area contributed by atoms with Crippen molar-refractivity contribution in [2.24, 2.45) is 5.92 Å². The van der Waals surface area contributed by atoms with E-state index >= 15 is 0 Å². The zero-order chi connectivity index (χ0) is 19.9. The lowest BCUT2D eigenvalue weighted by Gasteiger charge is -2.36. The molecule has 1 aliphatic carbocycles. The fourth-order valence-corrected chi connectivity index (χ4v) is 4.47. The van der Waals surface area contributed by atoms with Crippen molar-refractivity contribution in [2.45, 2.75) is 38.5 Å². The normalized spacial score (nSPS) is 18.4. The summed E-state index contributed by atoms with van der Waals surface area (Å²) in [5.74, 6) is 0.634. The van der Waals surface area contributed by atoms with Crippen LogP contribution in [0.5, 0.6) is 0 Å². The predicted octanol–water partition coefficient (Wildman–Crippen LogP) is 3.38. The van der Waals surface area contributed by atoms with Gasteiger partial charge in [0.2, 0.25) is 11.8 Å². The van der Waals surface area contributed by atoms with Gasteiger partial charge in [-0.3, -0.25) is 14.5 Å². The van der Waals surface area contributed by atoms with Crippen LogP contribution < -0.4 is 5.32 Å². The molecule has 1 aliphatic heterocycles. The number of nitrogens with zero attached hydrogens (tertiary/aromatic N) is 2. The first-order valence-electron chi connectivity index (χ1n) is 10.3. The van der Waals surface area contributed by atoms with E-state index in [0.717, 1.165) is 51.1 Å². The molecule has 3 rings (SSSR count). The maximum atomic E-state index is 12.5. The molecule has 7 heteroatoms. The lowest BCUT2D eigenvalue weighted by atomic mass is 10.1. The highest BCUT2D eigenvalue weighted by molar-refractivity contribution is 6.42. The third-order valence-electron chi connectivity index (χ3n) is 5.79. The summed E-state index contributed by atoms with van der Waals surface area (Å²) in [6.45, 7) is 4.81. The minimum atomic E-state index is 0.0195. The SMILES string of the molecule is O=C(CCc1cccc(Cl)c1Cl)NCCN1CCN(C(=O)C2CCCC2)CC1. The molecule has 2 fully saturated rings. The number of halogens is 2. The molecule has 5 nitrogen and oxygen atoms in total. The van der Waals surface area contributed by atoms with Crippen LogP contribution in [-0.2, 0) is 16.0 Å². The molecule has 0 aromatic heterocycles. The van der Waals surface area contributed by atoms with Crippen LogP contribution in [0.4, 0.5) is 0 Å². The van der Waals surface area contributed by atoms with Crippen LogP contribution in [0.15, 0.2) is 18.2 Å². The topological polar surface area (TPSA) is 52.7 Å². The first kappa shape index (κ1) is 21.4. The summed E-state index contributed by atoms with van der Waals surface area (Å²) >= 11 is 12.2. The Morgan fingerprint density at radius 3 is 2.50 bits per heavy atom. The number of nitrogens with one attached hydrogen (secondary N) is 1. The molecule has 0 atom stereocenters. The Labute approximate surface area is 177 Å². The van der Waals surface area contributed by atoms with Gasteiger partial charge in [-0.25, -0.2) is 0 Å². The Kier molecular flexibility index (Phi) is 8.00. The van der Waals surface area contributed by atoms with Gasteiger partial charge in [-0.2, -0.15) is 0 Å². The van der Waals surface area contributed by atoms with Crippen molar-refractivity contribution >= 4 is 35.0 Å². The largest absolute Gasteiger partial charge is 0.355 e. The van der Waals surface area contributed by atoms with Crippen LogP contribution in [-0.4, -0.2) is 60.9 Å². The molecule has 1 saturated carbocycles. The van der Waals surface area contributed by atoms with E-state index in [9.17, 15) is 9.59 Å². The van der Waals surface area contributed by atoms with Crippen molar-refractivity contribution in [3.05, 3.63) is 33.8 Å². The van der Waals surface area contributed by atoms with Gasteiger partial charge in [-0.05, 0) is 30.9 Å². The van der Waals surface area contributed by atoms with Crippen LogP contribution in [0.3, 0.4) is 0 Å². The van der Waals surface area contributed by atoms with E-state index in [0.29, 0.717) is 35.3 Å². The molecule has 0 radical (unpaired) electrons. The molecule has 1 aromatic rings. The van der Waals surface area contributed by atoms with Crippen LogP contribution in [0.25, 0.3) is 0 Å². The van der Waals surface area contributed by atoms with Crippen molar-refractivity contribution < 1.29 is 9.59 Å². The van der Waals surface area contributed by atoms with Gasteiger partial charge in [0, 0.05) is 51.6 Å². The maximum absolute atomic E-state index is 12.5. The average Bonchev–Trinajstić information content (AvgIpc) is 3.24. The third kappa shape index (κ3) is 5.85. The first-order valence-corrected chi connectivity index (χ1v) is 11.0. The molecule has 0 bridgehead atoms. The third-order valence-corrected chi connectivity index (χ3v) is 6.65. The number of amides is 2. The summed E-state index contributed by atoms with van der Waals surface area (Å²) < 4.78 is 0. The van der Waals surface area contributed by atoms with Crippen LogP contribution in [0.2, 0.25) is 10.0 Å². The first-order chi connectivity index (χ1) is 13.5. The van der Waals surface area contributed by atoms with E-state index < -0.39 is 0 Å². The smallest absolute Gasteiger partial charge is 0.225 e. The monoisotopic (exact) mass is 425 g/mol. The molecule has 1 aromatic carbocycles. The highest BCUT2D eigenvalue weighted by atomic mass is 35.5. The van der Waals surface area contributed by atoms with Gasteiger partial charge in [-0.1, -0.05) is 48.2 Å². The minimum absolute atomic E-state index is 0.0195. The number of hydrogen-bond acceptors (Lipinski definition) is 3. The number of carbonyl (C=O) groups excluding carboxylic acids is 2. The second-order valence-corrected chi connectivity index (χ2v) is 8.50. The molecule has 2 amide bonds. The molecule has 1 heterocycles. The predicted molar refractivity (Wildman–Crippen MR) is 113 cm³/mol. The average molecular weight is 426 g/mol. The molecule has 0 spiro atoms. The van der Waals surface area contributed by atoms with Crippen molar-refractivity contribution in [1.29, 1.82) is 0 Å². The van der Waals surface area contributed by atoms with Gasteiger partial charge >= 0.3 is 0 Å². The number of benzene rings is 1. The fraction of sp³-hybridized carbons (Fsp3) is 0.619. The lowest BCUT2D eigenvalue weighted by molar-refractivity contribution is -0.137. The van der Waals surface area contributed by atoms with Gasteiger partial charge in [0.15, 0.2) is 0 Å². The summed E-state index contributed by atoms with van der Waals surface area (Å²) in [7, 11) is 0. The van der Waals surface area contributed by atoms with E-state index in [1.54, 1.807) is 6.07 Å². The molecular formula is C21H29Cl2N3O2. The Morgan fingerprint density at radius 1 is 1.07 bits per heavy atom. The highest BCUT2D eigenvalue weighted by Gasteiger charge is 2.29. The number of rotatable bonds is 7. The van der Waals surface area contributed by atoms with Crippen molar-refractivity contribution in [3.63, 3.8) is 0 Å². The Morgan fingerprint density at radius 2 is 1.79 bits per heavy atom. The van der Waals surface area contributed by atoms with E-state index in [1.165, 1.54) is 12.8 Å². The van der Waals surface area contributed by atoms with E-state index in [1.807, 2.05) is 17.0 Å². The summed E-state index contributed by atoms with van der Waals surface area (Å²) in [6, 6.07) is 5.49. The molecule has 0 unspecified atom stereocenters. The molecule has 1 saturated heterocycles. The number of aryl methyl sites for hydroxylation is 1. The number of piperazine rings is 1. The van der Waals surface area contributed by atoms with Gasteiger partial charge < -0.3 is 10.2 Å². The van der Waals surface area contributed by atoms with Crippen molar-refractivity contribution in [2.75, 3.05) is 39.3 Å². The maximum Gasteiger partial charge on any atom is 0.225 e. The summed E-state index contributed by atoms with van der Waals surface area (Å²) in [5.41, 5.74) is 0.896. The highest BCUT2D eigenvalue weighted by Crippen LogP contribution is 2.27. The zero-order valence-corrected chi connectivity index (χ0v) is 17.8. The van der Waals surface area contributed by atoms with Crippen LogP contribution >= 0.6 is 23.2 Å². The van der Waals surface area contributed by atoms with Gasteiger partial charge in [0.1, 0.15) is 0 Å². The molecule has 1 N–H and O–H groups in total. The standard InChI is InChI=1S/C21H29Cl2N3O2/c22-18-7-3-6-16(20(18)23)8-9-19(27)24-10-11-25-12-14-26(15-13-25)21(28)17-4-1-2-5-17/h3,6-7,17H,1-2,4-5,8-15H2,(H,24,27). The Bertz CT molecular complexity index is 684. The second kappa shape index (κ2) is 10.5. The molecule has 2 aliphatic rings. The van der Waals surface area contributed by atoms with Crippen LogP contribution in [0, 0.1) is 5.92 Å². The van der Waals surface area contributed by atoms with Gasteiger partial charge in [0.05, 0.1) is 10.0 Å². The van der Waals surface area contributed by atoms with Crippen LogP contribution in [0.1, 0.15) is 37.7 Å². The quantitative estimate of drug-likeness (QED) is 0.728. The molecule has 154 valence electrons. The second-order valence-electron chi connectivity index (χ2n) is 7.71. The van der Waals surface area contributed by atoms with Crippen molar-refractivity contribution in [1.82, 2.24) is 15.1 Å². The molecule has 28 heavy (non-hydrogen) atoms. The Balaban J connectivity index is 1.30. The zero-order valence-electron chi connectivity index (χ0n) is 16.3. The van der Waals surface area contributed by atoms with E-state index in [4.69, 9.17) is 23.2 Å². The lowest BCUT2D eigenvalue weighted by Crippen LogP contribution is -2.51. The minimum Gasteiger partial charge on any atom is -0.355 e. The van der Waals surface area contributed by atoms with Gasteiger partial charge in [-0.15, -0.1) is 0 Å². The summed E-state index contributed by atoms with van der Waals surface area (Å²) in [4.78, 5) is 28.9. The van der Waals surface area contributed by atoms with E-state index in [-0.39, 0.29) is 11.8 Å². The Hall–Kier alpha value is -1.30. The number of carbonyl (C=O) groups is 2. The van der Waals surface area contributed by atoms with Gasteiger partial charge in [0.25, 0.3) is 0 Å². The van der Waals surface area contributed by atoms with Crippen molar-refractivity contribution in [3.8, 4) is 0 Å².